The van der Waals surface area contributed by atoms with E-state index in [2.05, 4.69) is 16.8 Å². The van der Waals surface area contributed by atoms with E-state index in [-0.39, 0.29) is 18.4 Å². The van der Waals surface area contributed by atoms with Gasteiger partial charge in [0, 0.05) is 12.8 Å². The summed E-state index contributed by atoms with van der Waals surface area (Å²) in [6.07, 6.45) is 2.25. The van der Waals surface area contributed by atoms with E-state index in [0.717, 1.165) is 12.8 Å². The van der Waals surface area contributed by atoms with Crippen molar-refractivity contribution in [2.24, 2.45) is 5.73 Å². The third kappa shape index (κ3) is 3.18. The fourth-order valence-corrected chi connectivity index (χ4v) is 1.93. The highest BCUT2D eigenvalue weighted by Gasteiger charge is 2.26. The van der Waals surface area contributed by atoms with Gasteiger partial charge in [0.25, 0.3) is 0 Å². The minimum atomic E-state index is -0.195. The molecule has 1 aliphatic rings. The Labute approximate surface area is 111 Å². The first-order valence-electron chi connectivity index (χ1n) is 6.24. The average Bonchev–Trinajstić information content (AvgIpc) is 2.58. The predicted molar refractivity (Wildman–Crippen MR) is 71.1 cm³/mol. The minimum Gasteiger partial charge on any atom is -0.320 e. The van der Waals surface area contributed by atoms with Gasteiger partial charge < -0.3 is 5.73 Å². The monoisotopic (exact) mass is 257 g/mol. The van der Waals surface area contributed by atoms with E-state index in [1.54, 1.807) is 18.2 Å². The number of aromatic nitrogens is 1. The Balaban J connectivity index is 2.33. The zero-order valence-corrected chi connectivity index (χ0v) is 10.6. The topological polar surface area (TPSA) is 76.3 Å². The third-order valence-electron chi connectivity index (χ3n) is 2.81. The molecule has 1 aromatic heterocycles. The predicted octanol–water partition coefficient (Wildman–Crippen LogP) is 0.825. The summed E-state index contributed by atoms with van der Waals surface area (Å²) in [4.78, 5) is 29.3. The Morgan fingerprint density at radius 2 is 1.89 bits per heavy atom. The van der Waals surface area contributed by atoms with Crippen molar-refractivity contribution >= 4 is 17.6 Å². The number of carbonyl (C=O) groups is 2. The SMILES string of the molecule is NCC#Cc1cccc(N2C(=O)CCCCC2=O)n1. The van der Waals surface area contributed by atoms with Gasteiger partial charge in [0.1, 0.15) is 11.5 Å². The standard InChI is InChI=1S/C14H15N3O2/c15-10-4-6-11-5-3-7-12(16-11)17-13(18)8-1-2-9-14(17)19/h3,5,7H,1-2,8-10,15H2. The lowest BCUT2D eigenvalue weighted by molar-refractivity contribution is -0.125. The van der Waals surface area contributed by atoms with Gasteiger partial charge in [0.05, 0.1) is 6.54 Å². The lowest BCUT2D eigenvalue weighted by atomic mass is 10.2. The highest BCUT2D eigenvalue weighted by Crippen LogP contribution is 2.19. The minimum absolute atomic E-state index is 0.195. The summed E-state index contributed by atoms with van der Waals surface area (Å²) in [5, 5.41) is 0. The molecule has 98 valence electrons. The quantitative estimate of drug-likeness (QED) is 0.597. The third-order valence-corrected chi connectivity index (χ3v) is 2.81. The molecular weight excluding hydrogens is 242 g/mol. The number of imide groups is 1. The molecule has 1 aromatic rings. The number of anilines is 1. The van der Waals surface area contributed by atoms with Gasteiger partial charge in [-0.3, -0.25) is 9.59 Å². The Morgan fingerprint density at radius 3 is 2.53 bits per heavy atom. The van der Waals surface area contributed by atoms with Crippen molar-refractivity contribution in [3.05, 3.63) is 23.9 Å². The van der Waals surface area contributed by atoms with E-state index in [0.29, 0.717) is 24.4 Å². The first-order chi connectivity index (χ1) is 9.22. The van der Waals surface area contributed by atoms with Crippen LogP contribution in [-0.2, 0) is 9.59 Å². The molecule has 1 saturated heterocycles. The Morgan fingerprint density at radius 1 is 1.21 bits per heavy atom. The van der Waals surface area contributed by atoms with Crippen LogP contribution in [0.2, 0.25) is 0 Å². The fourth-order valence-electron chi connectivity index (χ4n) is 1.93. The molecule has 0 unspecified atom stereocenters. The molecule has 0 aliphatic carbocycles. The molecule has 0 spiro atoms. The van der Waals surface area contributed by atoms with Crippen LogP contribution in [0.5, 0.6) is 0 Å². The second-order valence-corrected chi connectivity index (χ2v) is 4.22. The lowest BCUT2D eigenvalue weighted by Gasteiger charge is -2.17. The van der Waals surface area contributed by atoms with Crippen LogP contribution < -0.4 is 10.6 Å². The molecule has 0 radical (unpaired) electrons. The van der Waals surface area contributed by atoms with Crippen LogP contribution in [0.15, 0.2) is 18.2 Å². The summed E-state index contributed by atoms with van der Waals surface area (Å²) in [6.45, 7) is 0.244. The van der Waals surface area contributed by atoms with Gasteiger partial charge in [-0.15, -0.1) is 0 Å². The van der Waals surface area contributed by atoms with Crippen LogP contribution in [0.1, 0.15) is 31.4 Å². The molecule has 5 nitrogen and oxygen atoms in total. The number of carbonyl (C=O) groups excluding carboxylic acids is 2. The summed E-state index contributed by atoms with van der Waals surface area (Å²) in [5.41, 5.74) is 5.81. The van der Waals surface area contributed by atoms with Crippen molar-refractivity contribution in [3.8, 4) is 11.8 Å². The maximum Gasteiger partial charge on any atom is 0.234 e. The molecule has 1 fully saturated rings. The molecule has 2 heterocycles. The second-order valence-electron chi connectivity index (χ2n) is 4.22. The summed E-state index contributed by atoms with van der Waals surface area (Å²) in [7, 11) is 0. The number of hydrogen-bond acceptors (Lipinski definition) is 4. The highest BCUT2D eigenvalue weighted by molar-refractivity contribution is 6.14. The number of hydrogen-bond donors (Lipinski definition) is 1. The average molecular weight is 257 g/mol. The van der Waals surface area contributed by atoms with Gasteiger partial charge in [0.2, 0.25) is 11.8 Å². The van der Waals surface area contributed by atoms with Gasteiger partial charge in [-0.05, 0) is 30.9 Å². The molecule has 5 heteroatoms. The molecule has 19 heavy (non-hydrogen) atoms. The molecule has 2 amide bonds. The van der Waals surface area contributed by atoms with E-state index in [1.165, 1.54) is 4.90 Å². The maximum atomic E-state index is 12.0. The van der Waals surface area contributed by atoms with E-state index < -0.39 is 0 Å². The van der Waals surface area contributed by atoms with Gasteiger partial charge in [0.15, 0.2) is 0 Å². The van der Waals surface area contributed by atoms with Crippen LogP contribution in [0, 0.1) is 11.8 Å². The molecule has 0 atom stereocenters. The molecule has 2 N–H and O–H groups in total. The van der Waals surface area contributed by atoms with E-state index in [9.17, 15) is 9.59 Å². The van der Waals surface area contributed by atoms with Crippen LogP contribution in [0.3, 0.4) is 0 Å². The lowest BCUT2D eigenvalue weighted by Crippen LogP contribution is -2.35. The van der Waals surface area contributed by atoms with Gasteiger partial charge in [-0.1, -0.05) is 12.0 Å². The van der Waals surface area contributed by atoms with Crippen LogP contribution in [0.4, 0.5) is 5.82 Å². The van der Waals surface area contributed by atoms with E-state index in [1.807, 2.05) is 0 Å². The van der Waals surface area contributed by atoms with E-state index in [4.69, 9.17) is 5.73 Å². The van der Waals surface area contributed by atoms with Crippen LogP contribution >= 0.6 is 0 Å². The number of nitrogens with zero attached hydrogens (tertiary/aromatic N) is 2. The number of nitrogens with two attached hydrogens (primary N) is 1. The second kappa shape index (κ2) is 6.12. The zero-order chi connectivity index (χ0) is 13.7. The van der Waals surface area contributed by atoms with Crippen molar-refractivity contribution in [1.29, 1.82) is 0 Å². The van der Waals surface area contributed by atoms with Crippen molar-refractivity contribution in [1.82, 2.24) is 4.98 Å². The van der Waals surface area contributed by atoms with Gasteiger partial charge >= 0.3 is 0 Å². The summed E-state index contributed by atoms with van der Waals surface area (Å²) in [5.74, 6) is 5.45. The van der Waals surface area contributed by atoms with Crippen LogP contribution in [-0.4, -0.2) is 23.3 Å². The Hall–Kier alpha value is -2.19. The Bertz CT molecular complexity index is 539. The Kier molecular flexibility index (Phi) is 4.26. The number of pyridine rings is 1. The van der Waals surface area contributed by atoms with E-state index >= 15 is 0 Å². The summed E-state index contributed by atoms with van der Waals surface area (Å²) < 4.78 is 0. The number of amides is 2. The van der Waals surface area contributed by atoms with Crippen molar-refractivity contribution in [3.63, 3.8) is 0 Å². The first kappa shape index (κ1) is 13.2. The normalized spacial score (nSPS) is 15.7. The van der Waals surface area contributed by atoms with Gasteiger partial charge in [-0.2, -0.15) is 0 Å². The largest absolute Gasteiger partial charge is 0.320 e. The molecule has 2 rings (SSSR count). The highest BCUT2D eigenvalue weighted by atomic mass is 16.2. The summed E-state index contributed by atoms with van der Waals surface area (Å²) >= 11 is 0. The van der Waals surface area contributed by atoms with Crippen molar-refractivity contribution in [2.45, 2.75) is 25.7 Å². The molecule has 0 aromatic carbocycles. The smallest absolute Gasteiger partial charge is 0.234 e. The summed E-state index contributed by atoms with van der Waals surface area (Å²) in [6, 6.07) is 5.10. The van der Waals surface area contributed by atoms with Crippen molar-refractivity contribution in [2.75, 3.05) is 11.4 Å². The molecule has 1 aliphatic heterocycles. The van der Waals surface area contributed by atoms with Crippen molar-refractivity contribution < 1.29 is 9.59 Å². The zero-order valence-electron chi connectivity index (χ0n) is 10.6. The molecule has 0 saturated carbocycles. The molecule has 0 bridgehead atoms. The first-order valence-corrected chi connectivity index (χ1v) is 6.24. The fraction of sp³-hybridized carbons (Fsp3) is 0.357. The maximum absolute atomic E-state index is 12.0. The number of rotatable bonds is 1. The van der Waals surface area contributed by atoms with Crippen LogP contribution in [0.25, 0.3) is 0 Å². The van der Waals surface area contributed by atoms with Gasteiger partial charge in [-0.25, -0.2) is 9.88 Å². The molecular formula is C14H15N3O2.